The molecule has 8 heteroatoms. The summed E-state index contributed by atoms with van der Waals surface area (Å²) in [5.41, 5.74) is 1.36. The molecule has 2 heterocycles. The number of hydrogen-bond donors (Lipinski definition) is 1. The van der Waals surface area contributed by atoms with Crippen molar-refractivity contribution in [1.29, 1.82) is 0 Å². The number of nitrogens with one attached hydrogen (secondary N) is 1. The van der Waals surface area contributed by atoms with Crippen molar-refractivity contribution in [3.8, 4) is 5.69 Å². The summed E-state index contributed by atoms with van der Waals surface area (Å²) in [6.07, 6.45) is 5.47. The number of aromatic nitrogens is 4. The molecular weight excluding hydrogens is 410 g/mol. The van der Waals surface area contributed by atoms with Gasteiger partial charge in [0, 0.05) is 16.6 Å². The maximum atomic E-state index is 12.7. The first-order valence-electron chi connectivity index (χ1n) is 8.96. The van der Waals surface area contributed by atoms with Crippen LogP contribution in [-0.4, -0.2) is 25.8 Å². The molecule has 1 atom stereocenters. The lowest BCUT2D eigenvalue weighted by atomic mass is 10.0. The van der Waals surface area contributed by atoms with Crippen molar-refractivity contribution < 1.29 is 9.32 Å². The predicted octanol–water partition coefficient (Wildman–Crippen LogP) is 4.02. The number of benzene rings is 1. The van der Waals surface area contributed by atoms with Crippen LogP contribution in [0, 0.1) is 5.92 Å². The molecule has 0 radical (unpaired) electrons. The molecule has 1 aliphatic rings. The number of amides is 1. The molecule has 3 aromatic rings. The van der Waals surface area contributed by atoms with Crippen molar-refractivity contribution in [1.82, 2.24) is 25.2 Å². The molecule has 1 amide bonds. The van der Waals surface area contributed by atoms with Crippen LogP contribution in [0.1, 0.15) is 60.7 Å². The molecule has 0 aliphatic heterocycles. The van der Waals surface area contributed by atoms with E-state index in [-0.39, 0.29) is 17.9 Å². The van der Waals surface area contributed by atoms with Gasteiger partial charge in [0.25, 0.3) is 5.91 Å². The highest BCUT2D eigenvalue weighted by Gasteiger charge is 2.31. The van der Waals surface area contributed by atoms with Crippen molar-refractivity contribution in [2.45, 2.75) is 38.6 Å². The van der Waals surface area contributed by atoms with Gasteiger partial charge >= 0.3 is 0 Å². The molecule has 2 aromatic heterocycles. The number of hydrogen-bond acceptors (Lipinski definition) is 5. The van der Waals surface area contributed by atoms with Crippen LogP contribution in [0.15, 0.2) is 45.7 Å². The lowest BCUT2D eigenvalue weighted by molar-refractivity contribution is 0.0914. The van der Waals surface area contributed by atoms with Crippen LogP contribution in [0.5, 0.6) is 0 Å². The van der Waals surface area contributed by atoms with E-state index >= 15 is 0 Å². The van der Waals surface area contributed by atoms with Crippen LogP contribution in [0.4, 0.5) is 0 Å². The Balaban J connectivity index is 1.50. The Hall–Kier alpha value is -2.48. The molecule has 140 valence electrons. The van der Waals surface area contributed by atoms with Crippen LogP contribution < -0.4 is 5.32 Å². The molecule has 1 unspecified atom stereocenters. The summed E-state index contributed by atoms with van der Waals surface area (Å²) < 4.78 is 8.07. The topological polar surface area (TPSA) is 85.8 Å². The first kappa shape index (κ1) is 17.9. The van der Waals surface area contributed by atoms with Crippen LogP contribution >= 0.6 is 15.9 Å². The van der Waals surface area contributed by atoms with Crippen molar-refractivity contribution in [3.05, 3.63) is 58.4 Å². The summed E-state index contributed by atoms with van der Waals surface area (Å²) >= 11 is 3.41. The maximum Gasteiger partial charge on any atom is 0.255 e. The Kier molecular flexibility index (Phi) is 4.82. The Morgan fingerprint density at radius 2 is 2.04 bits per heavy atom. The number of carbonyl (C=O) groups is 1. The molecule has 1 saturated carbocycles. The van der Waals surface area contributed by atoms with Crippen LogP contribution in [0.25, 0.3) is 5.69 Å². The lowest BCUT2D eigenvalue weighted by Gasteiger charge is -2.17. The normalized spacial score (nSPS) is 15.1. The van der Waals surface area contributed by atoms with Crippen LogP contribution in [0.3, 0.4) is 0 Å². The fourth-order valence-electron chi connectivity index (χ4n) is 2.79. The zero-order valence-corrected chi connectivity index (χ0v) is 16.7. The molecule has 0 spiro atoms. The highest BCUT2D eigenvalue weighted by molar-refractivity contribution is 9.10. The van der Waals surface area contributed by atoms with Crippen LogP contribution in [0.2, 0.25) is 0 Å². The third-order valence-electron chi connectivity index (χ3n) is 4.56. The molecule has 27 heavy (non-hydrogen) atoms. The second-order valence-corrected chi connectivity index (χ2v) is 8.03. The van der Waals surface area contributed by atoms with Gasteiger partial charge in [0.15, 0.2) is 5.82 Å². The van der Waals surface area contributed by atoms with E-state index in [9.17, 15) is 4.79 Å². The molecule has 1 fully saturated rings. The van der Waals surface area contributed by atoms with Crippen molar-refractivity contribution in [3.63, 3.8) is 0 Å². The fraction of sp³-hybridized carbons (Fsp3) is 0.368. The Bertz CT molecular complexity index is 943. The average Bonchev–Trinajstić information content (AvgIpc) is 3.18. The molecule has 1 aliphatic carbocycles. The quantitative estimate of drug-likeness (QED) is 0.639. The fourth-order valence-corrected chi connectivity index (χ4v) is 3.06. The van der Waals surface area contributed by atoms with Crippen molar-refractivity contribution >= 4 is 21.8 Å². The Labute approximate surface area is 165 Å². The lowest BCUT2D eigenvalue weighted by Crippen LogP contribution is -2.31. The van der Waals surface area contributed by atoms with E-state index in [0.29, 0.717) is 17.4 Å². The van der Waals surface area contributed by atoms with Gasteiger partial charge in [0.1, 0.15) is 6.04 Å². The first-order chi connectivity index (χ1) is 13.0. The Morgan fingerprint density at radius 3 is 2.70 bits per heavy atom. The molecule has 0 saturated heterocycles. The summed E-state index contributed by atoms with van der Waals surface area (Å²) in [7, 11) is 0. The van der Waals surface area contributed by atoms with E-state index in [4.69, 9.17) is 4.52 Å². The van der Waals surface area contributed by atoms with Gasteiger partial charge in [0.05, 0.1) is 17.4 Å². The smallest absolute Gasteiger partial charge is 0.255 e. The predicted molar refractivity (Wildman–Crippen MR) is 103 cm³/mol. The van der Waals surface area contributed by atoms with E-state index in [2.05, 4.69) is 36.5 Å². The van der Waals surface area contributed by atoms with Gasteiger partial charge in [0.2, 0.25) is 5.89 Å². The molecule has 7 nitrogen and oxygen atoms in total. The van der Waals surface area contributed by atoms with E-state index in [1.54, 1.807) is 17.1 Å². The number of halogens is 1. The van der Waals surface area contributed by atoms with Gasteiger partial charge in [-0.1, -0.05) is 34.9 Å². The first-order valence-corrected chi connectivity index (χ1v) is 9.75. The minimum absolute atomic E-state index is 0.114. The van der Waals surface area contributed by atoms with Gasteiger partial charge in [-0.15, -0.1) is 0 Å². The number of rotatable bonds is 6. The van der Waals surface area contributed by atoms with Gasteiger partial charge in [-0.05, 0) is 43.0 Å². The van der Waals surface area contributed by atoms with E-state index in [0.717, 1.165) is 28.8 Å². The van der Waals surface area contributed by atoms with Gasteiger partial charge in [-0.2, -0.15) is 10.1 Å². The summed E-state index contributed by atoms with van der Waals surface area (Å²) in [5, 5.41) is 11.3. The molecule has 0 bridgehead atoms. The number of nitrogens with zero attached hydrogens (tertiary/aromatic N) is 4. The summed E-state index contributed by atoms with van der Waals surface area (Å²) in [6, 6.07) is 7.37. The zero-order chi connectivity index (χ0) is 19.0. The Morgan fingerprint density at radius 1 is 1.30 bits per heavy atom. The second kappa shape index (κ2) is 7.26. The van der Waals surface area contributed by atoms with Crippen molar-refractivity contribution in [2.75, 3.05) is 0 Å². The van der Waals surface area contributed by atoms with E-state index < -0.39 is 0 Å². The molecular formula is C19H20BrN5O2. The van der Waals surface area contributed by atoms with Crippen molar-refractivity contribution in [2.24, 2.45) is 5.92 Å². The number of carbonyl (C=O) groups excluding carboxylic acids is 1. The molecule has 1 aromatic carbocycles. The van der Waals surface area contributed by atoms with Crippen LogP contribution in [-0.2, 0) is 0 Å². The third-order valence-corrected chi connectivity index (χ3v) is 5.08. The van der Waals surface area contributed by atoms with Gasteiger partial charge < -0.3 is 9.84 Å². The SMILES string of the molecule is CC(C)C(NC(=O)c1cnn(-c2ccc(Br)cc2)c1)c1nc(C2CC2)no1. The minimum atomic E-state index is -0.339. The monoisotopic (exact) mass is 429 g/mol. The van der Waals surface area contributed by atoms with E-state index in [1.807, 2.05) is 38.1 Å². The van der Waals surface area contributed by atoms with Gasteiger partial charge in [-0.3, -0.25) is 4.79 Å². The summed E-state index contributed by atoms with van der Waals surface area (Å²) in [6.45, 7) is 4.02. The van der Waals surface area contributed by atoms with Gasteiger partial charge in [-0.25, -0.2) is 4.68 Å². The third kappa shape index (κ3) is 3.95. The zero-order valence-electron chi connectivity index (χ0n) is 15.1. The highest BCUT2D eigenvalue weighted by atomic mass is 79.9. The largest absolute Gasteiger partial charge is 0.340 e. The second-order valence-electron chi connectivity index (χ2n) is 7.11. The maximum absolute atomic E-state index is 12.7. The minimum Gasteiger partial charge on any atom is -0.340 e. The average molecular weight is 430 g/mol. The van der Waals surface area contributed by atoms with E-state index in [1.165, 1.54) is 0 Å². The summed E-state index contributed by atoms with van der Waals surface area (Å²) in [4.78, 5) is 17.2. The standard InChI is InChI=1S/C19H20BrN5O2/c1-11(2)16(19-23-17(24-27-19)12-3-4-12)22-18(26)13-9-21-25(10-13)15-7-5-14(20)6-8-15/h5-12,16H,3-4H2,1-2H3,(H,22,26). The molecule has 4 rings (SSSR count). The highest BCUT2D eigenvalue weighted by Crippen LogP contribution is 2.38. The summed E-state index contributed by atoms with van der Waals surface area (Å²) in [5.74, 6) is 1.51. The molecule has 1 N–H and O–H groups in total.